The Labute approximate surface area is 196 Å². The van der Waals surface area contributed by atoms with E-state index in [0.717, 1.165) is 52.5 Å². The molecular weight excluding hydrogens is 432 g/mol. The first kappa shape index (κ1) is 21.3. The van der Waals surface area contributed by atoms with Gasteiger partial charge in [-0.2, -0.15) is 5.10 Å². The lowest BCUT2D eigenvalue weighted by Crippen LogP contribution is -2.17. The molecule has 3 aromatic heterocycles. The number of rotatable bonds is 5. The first-order valence-corrected chi connectivity index (χ1v) is 11.9. The number of anilines is 1. The van der Waals surface area contributed by atoms with E-state index in [1.807, 2.05) is 37.4 Å². The van der Waals surface area contributed by atoms with Gasteiger partial charge in [0.25, 0.3) is 5.91 Å². The highest BCUT2D eigenvalue weighted by Crippen LogP contribution is 2.39. The largest absolute Gasteiger partial charge is 0.322 e. The second-order valence-corrected chi connectivity index (χ2v) is 9.54. The van der Waals surface area contributed by atoms with Crippen molar-refractivity contribution >= 4 is 29.1 Å². The number of aromatic nitrogens is 4. The highest BCUT2D eigenvalue weighted by molar-refractivity contribution is 7.15. The normalized spacial score (nSPS) is 13.4. The fraction of sp³-hybridized carbons (Fsp3) is 0.280. The van der Waals surface area contributed by atoms with E-state index in [-0.39, 0.29) is 5.91 Å². The van der Waals surface area contributed by atoms with E-state index in [2.05, 4.69) is 45.1 Å². The average molecular weight is 459 g/mol. The summed E-state index contributed by atoms with van der Waals surface area (Å²) in [5, 5.41) is 16.1. The van der Waals surface area contributed by atoms with Crippen LogP contribution in [0.4, 0.5) is 5.69 Å². The topological polar surface area (TPSA) is 77.1 Å². The molecule has 4 aromatic rings. The predicted octanol–water partition coefficient (Wildman–Crippen LogP) is 5.07. The summed E-state index contributed by atoms with van der Waals surface area (Å²) >= 11 is 1.75. The average Bonchev–Trinajstić information content (AvgIpc) is 3.51. The molecule has 5 rings (SSSR count). The Bertz CT molecular complexity index is 1330. The Morgan fingerprint density at radius 3 is 2.58 bits per heavy atom. The van der Waals surface area contributed by atoms with Gasteiger partial charge in [-0.05, 0) is 70.2 Å². The second-order valence-electron chi connectivity index (χ2n) is 8.46. The van der Waals surface area contributed by atoms with E-state index in [0.29, 0.717) is 0 Å². The number of carbonyl (C=O) groups is 1. The molecule has 0 bridgehead atoms. The monoisotopic (exact) mass is 458 g/mol. The molecular formula is C25H26N6OS. The van der Waals surface area contributed by atoms with Gasteiger partial charge in [0, 0.05) is 27.5 Å². The molecule has 0 radical (unpaired) electrons. The molecule has 7 nitrogen and oxygen atoms in total. The predicted molar refractivity (Wildman–Crippen MR) is 132 cm³/mol. The van der Waals surface area contributed by atoms with E-state index < -0.39 is 0 Å². The van der Waals surface area contributed by atoms with Crippen molar-refractivity contribution < 1.29 is 4.79 Å². The molecule has 1 amide bonds. The minimum Gasteiger partial charge on any atom is -0.322 e. The van der Waals surface area contributed by atoms with Crippen LogP contribution >= 0.6 is 11.3 Å². The lowest BCUT2D eigenvalue weighted by Gasteiger charge is -2.14. The zero-order valence-corrected chi connectivity index (χ0v) is 19.8. The zero-order valence-electron chi connectivity index (χ0n) is 19.0. The molecule has 0 spiro atoms. The van der Waals surface area contributed by atoms with Gasteiger partial charge >= 0.3 is 0 Å². The highest BCUT2D eigenvalue weighted by atomic mass is 32.1. The molecule has 0 saturated heterocycles. The van der Waals surface area contributed by atoms with Crippen LogP contribution in [0.1, 0.15) is 56.2 Å². The van der Waals surface area contributed by atoms with Gasteiger partial charge in [-0.25, -0.2) is 4.68 Å². The summed E-state index contributed by atoms with van der Waals surface area (Å²) in [6.45, 7) is 6.19. The number of nitrogens with zero attached hydrogens (tertiary/aromatic N) is 5. The SMILES string of the molecule is Cc1ccc(NC(=O)c2c(-n3c(C)cc(/C=N\n4cnnc4)c3C)sc3c2CCCC3)cc1. The fourth-order valence-electron chi connectivity index (χ4n) is 4.39. The molecule has 0 unspecified atom stereocenters. The number of carbonyl (C=O) groups excluding carboxylic acids is 1. The van der Waals surface area contributed by atoms with Crippen LogP contribution in [0.5, 0.6) is 0 Å². The van der Waals surface area contributed by atoms with Crippen molar-refractivity contribution in [3.05, 3.63) is 81.5 Å². The summed E-state index contributed by atoms with van der Waals surface area (Å²) < 4.78 is 3.76. The maximum Gasteiger partial charge on any atom is 0.258 e. The van der Waals surface area contributed by atoms with Crippen molar-refractivity contribution in [2.75, 3.05) is 5.32 Å². The van der Waals surface area contributed by atoms with Crippen molar-refractivity contribution in [1.82, 2.24) is 19.4 Å². The van der Waals surface area contributed by atoms with E-state index >= 15 is 0 Å². The van der Waals surface area contributed by atoms with Gasteiger partial charge in [0.1, 0.15) is 17.7 Å². The molecule has 1 aromatic carbocycles. The van der Waals surface area contributed by atoms with Gasteiger partial charge in [-0.3, -0.25) is 4.79 Å². The lowest BCUT2D eigenvalue weighted by atomic mass is 9.95. The van der Waals surface area contributed by atoms with E-state index in [1.165, 1.54) is 22.4 Å². The standard InChI is InChI=1S/C25H26N6OS/c1-16-8-10-20(11-9-16)29-24(32)23-21-6-4-5-7-22(21)33-25(23)31-17(2)12-19(18(31)3)13-28-30-14-26-27-15-30/h8-15H,4-7H2,1-3H3,(H,29,32)/b28-13-. The summed E-state index contributed by atoms with van der Waals surface area (Å²) in [4.78, 5) is 14.9. The third-order valence-electron chi connectivity index (χ3n) is 6.10. The molecule has 33 heavy (non-hydrogen) atoms. The van der Waals surface area contributed by atoms with Gasteiger partial charge in [0.2, 0.25) is 0 Å². The third kappa shape index (κ3) is 4.14. The summed E-state index contributed by atoms with van der Waals surface area (Å²) in [6, 6.07) is 10.0. The Morgan fingerprint density at radius 2 is 1.82 bits per heavy atom. The van der Waals surface area contributed by atoms with Crippen LogP contribution < -0.4 is 5.32 Å². The van der Waals surface area contributed by atoms with E-state index in [9.17, 15) is 4.79 Å². The van der Waals surface area contributed by atoms with Crippen LogP contribution in [0.25, 0.3) is 5.00 Å². The Kier molecular flexibility index (Phi) is 5.68. The molecule has 1 N–H and O–H groups in total. The molecule has 3 heterocycles. The van der Waals surface area contributed by atoms with Gasteiger partial charge in [-0.1, -0.05) is 17.7 Å². The summed E-state index contributed by atoms with van der Waals surface area (Å²) in [7, 11) is 0. The molecule has 168 valence electrons. The van der Waals surface area contributed by atoms with Gasteiger partial charge in [0.05, 0.1) is 11.8 Å². The van der Waals surface area contributed by atoms with Crippen molar-refractivity contribution in [1.29, 1.82) is 0 Å². The first-order valence-electron chi connectivity index (χ1n) is 11.1. The van der Waals surface area contributed by atoms with Crippen LogP contribution in [-0.4, -0.2) is 31.6 Å². The van der Waals surface area contributed by atoms with E-state index in [1.54, 1.807) is 28.7 Å². The number of fused-ring (bicyclic) bond motifs is 1. The maximum absolute atomic E-state index is 13.6. The Hall–Kier alpha value is -3.52. The van der Waals surface area contributed by atoms with Crippen LogP contribution in [0, 0.1) is 20.8 Å². The minimum atomic E-state index is -0.0412. The molecule has 0 saturated carbocycles. The Balaban J connectivity index is 1.56. The van der Waals surface area contributed by atoms with Crippen LogP contribution in [0.3, 0.4) is 0 Å². The number of aryl methyl sites for hydroxylation is 3. The highest BCUT2D eigenvalue weighted by Gasteiger charge is 2.28. The number of amides is 1. The molecule has 8 heteroatoms. The van der Waals surface area contributed by atoms with Crippen LogP contribution in [0.2, 0.25) is 0 Å². The fourth-order valence-corrected chi connectivity index (χ4v) is 5.89. The number of thiophene rings is 1. The van der Waals surface area contributed by atoms with Gasteiger partial charge in [-0.15, -0.1) is 21.5 Å². The van der Waals surface area contributed by atoms with Crippen LogP contribution in [0.15, 0.2) is 48.1 Å². The molecule has 0 aliphatic heterocycles. The number of hydrogen-bond donors (Lipinski definition) is 1. The summed E-state index contributed by atoms with van der Waals surface area (Å²) in [5.74, 6) is -0.0412. The van der Waals surface area contributed by atoms with Crippen LogP contribution in [-0.2, 0) is 12.8 Å². The van der Waals surface area contributed by atoms with Crippen molar-refractivity contribution in [2.45, 2.75) is 46.5 Å². The molecule has 0 fully saturated rings. The van der Waals surface area contributed by atoms with Gasteiger partial charge in [0.15, 0.2) is 0 Å². The molecule has 1 aliphatic carbocycles. The van der Waals surface area contributed by atoms with Crippen molar-refractivity contribution in [3.63, 3.8) is 0 Å². The van der Waals surface area contributed by atoms with Crippen molar-refractivity contribution in [2.24, 2.45) is 5.10 Å². The maximum atomic E-state index is 13.6. The van der Waals surface area contributed by atoms with Crippen molar-refractivity contribution in [3.8, 4) is 5.00 Å². The third-order valence-corrected chi connectivity index (χ3v) is 7.38. The lowest BCUT2D eigenvalue weighted by molar-refractivity contribution is 0.102. The first-order chi connectivity index (χ1) is 16.0. The summed E-state index contributed by atoms with van der Waals surface area (Å²) in [6.07, 6.45) is 9.19. The zero-order chi connectivity index (χ0) is 22.9. The minimum absolute atomic E-state index is 0.0412. The Morgan fingerprint density at radius 1 is 1.09 bits per heavy atom. The number of benzene rings is 1. The molecule has 1 aliphatic rings. The van der Waals surface area contributed by atoms with Gasteiger partial charge < -0.3 is 9.88 Å². The smallest absolute Gasteiger partial charge is 0.258 e. The second kappa shape index (κ2) is 8.78. The quantitative estimate of drug-likeness (QED) is 0.424. The number of hydrogen-bond acceptors (Lipinski definition) is 5. The number of nitrogens with one attached hydrogen (secondary N) is 1. The van der Waals surface area contributed by atoms with E-state index in [4.69, 9.17) is 0 Å². The molecule has 0 atom stereocenters. The summed E-state index contributed by atoms with van der Waals surface area (Å²) in [5.41, 5.74) is 7.11.